The van der Waals surface area contributed by atoms with Gasteiger partial charge in [-0.05, 0) is 86.8 Å². The lowest BCUT2D eigenvalue weighted by Gasteiger charge is -2.13. The van der Waals surface area contributed by atoms with Gasteiger partial charge in [0, 0.05) is 14.1 Å². The number of rotatable bonds is 4. The summed E-state index contributed by atoms with van der Waals surface area (Å²) in [5.74, 6) is 0. The molecule has 1 aliphatic carbocycles. The molecule has 1 nitrogen and oxygen atoms in total. The number of hydrogen-bond donors (Lipinski definition) is 1. The van der Waals surface area contributed by atoms with Crippen LogP contribution in [0.3, 0.4) is 0 Å². The van der Waals surface area contributed by atoms with Crippen LogP contribution in [-0.2, 0) is 0 Å². The molecule has 2 unspecified atom stereocenters. The van der Waals surface area contributed by atoms with E-state index in [4.69, 9.17) is 30.2 Å². The lowest BCUT2D eigenvalue weighted by molar-refractivity contribution is 1.04. The summed E-state index contributed by atoms with van der Waals surface area (Å²) < 4.78 is 188. The van der Waals surface area contributed by atoms with E-state index in [-0.39, 0.29) is 0 Å². The Morgan fingerprint density at radius 2 is 1.27 bits per heavy atom. The number of fused-ring (bicyclic) bond motifs is 3. The van der Waals surface area contributed by atoms with Crippen LogP contribution < -0.4 is 5.32 Å². The highest BCUT2D eigenvalue weighted by Crippen LogP contribution is 2.35. The standard InChI is InChI=1S/C32H25N/c1-2-8-23(9-3-1)24-14-18-27(19-15-24)33-28-20-16-25(17-21-28)32-22-26-10-4-5-11-29(26)30-12-6-7-13-31(30)32/h2,4-22,33H,1,3H2/i1D,2D,3D,4D,5D,6D,7D,8D,9D,10D,11D,12D,13D,14D,15D,16D,17D,18D,19D,20D,21D,22D. The normalized spacial score (nSPS) is 28.0. The van der Waals surface area contributed by atoms with Crippen LogP contribution in [0.15, 0.2) is 121 Å². The fourth-order valence-corrected chi connectivity index (χ4v) is 3.23. The van der Waals surface area contributed by atoms with Crippen molar-refractivity contribution in [3.05, 3.63) is 126 Å². The maximum Gasteiger partial charge on any atom is 0.0645 e. The monoisotopic (exact) mass is 445 g/mol. The maximum atomic E-state index is 9.13. The second kappa shape index (κ2) is 8.44. The summed E-state index contributed by atoms with van der Waals surface area (Å²) in [5.41, 5.74) is -3.80. The highest BCUT2D eigenvalue weighted by Gasteiger charge is 2.08. The molecule has 0 aliphatic heterocycles. The van der Waals surface area contributed by atoms with Gasteiger partial charge >= 0.3 is 0 Å². The molecular weight excluding hydrogens is 398 g/mol. The van der Waals surface area contributed by atoms with E-state index in [0.717, 1.165) is 0 Å². The first-order chi connectivity index (χ1) is 25.5. The molecule has 5 aromatic rings. The van der Waals surface area contributed by atoms with Crippen molar-refractivity contribution in [1.29, 1.82) is 0 Å². The SMILES string of the molecule is [2H]C1=C([2H])C([2H])C([2H])C([2H])=C1c1c([2H])c([2H])c(Nc2c([2H])c([2H])c(-c3c([2H])c4c([2H])c([2H])c([2H])c([2H])c4c4c([2H])c([2H])c([2H])c([2H])c34)c([2H])c2[2H])c([2H])c1[2H]. The van der Waals surface area contributed by atoms with E-state index in [0.29, 0.717) is 0 Å². The Hall–Kier alpha value is -4.10. The molecule has 0 bridgehead atoms. The van der Waals surface area contributed by atoms with Gasteiger partial charge in [0.1, 0.15) is 0 Å². The van der Waals surface area contributed by atoms with Gasteiger partial charge in [0.2, 0.25) is 0 Å². The molecule has 5 aromatic carbocycles. The Morgan fingerprint density at radius 3 is 2.03 bits per heavy atom. The Kier molecular flexibility index (Phi) is 1.84. The molecule has 0 radical (unpaired) electrons. The van der Waals surface area contributed by atoms with Crippen LogP contribution in [0.1, 0.15) is 48.5 Å². The van der Waals surface area contributed by atoms with Crippen molar-refractivity contribution in [2.45, 2.75) is 12.8 Å². The smallest absolute Gasteiger partial charge is 0.0645 e. The van der Waals surface area contributed by atoms with Gasteiger partial charge < -0.3 is 5.32 Å². The van der Waals surface area contributed by atoms with Gasteiger partial charge in [-0.25, -0.2) is 0 Å². The zero-order chi connectivity index (χ0) is 41.2. The van der Waals surface area contributed by atoms with Crippen molar-refractivity contribution in [3.8, 4) is 11.1 Å². The highest BCUT2D eigenvalue weighted by atomic mass is 14.9. The lowest BCUT2D eigenvalue weighted by atomic mass is 9.93. The molecular formula is C32H25N. The van der Waals surface area contributed by atoms with Crippen LogP contribution in [-0.4, -0.2) is 0 Å². The van der Waals surface area contributed by atoms with E-state index in [9.17, 15) is 0 Å². The fourth-order valence-electron chi connectivity index (χ4n) is 3.23. The summed E-state index contributed by atoms with van der Waals surface area (Å²) in [6, 6.07) is -16.1. The third kappa shape index (κ3) is 3.83. The number of hydrogen-bond acceptors (Lipinski definition) is 1. The summed E-state index contributed by atoms with van der Waals surface area (Å²) >= 11 is 0. The Bertz CT molecular complexity index is 2600. The molecule has 0 spiro atoms. The van der Waals surface area contributed by atoms with Gasteiger partial charge in [0.15, 0.2) is 0 Å². The van der Waals surface area contributed by atoms with Crippen LogP contribution in [0.4, 0.5) is 11.4 Å². The molecule has 0 saturated heterocycles. The van der Waals surface area contributed by atoms with E-state index < -0.39 is 189 Å². The first-order valence-corrected chi connectivity index (χ1v) is 9.66. The maximum absolute atomic E-state index is 9.13. The van der Waals surface area contributed by atoms with Crippen LogP contribution in [0.25, 0.3) is 38.2 Å². The minimum atomic E-state index is -1.66. The molecule has 2 atom stereocenters. The molecule has 1 heteroatoms. The van der Waals surface area contributed by atoms with Crippen LogP contribution in [0, 0.1) is 0 Å². The summed E-state index contributed by atoms with van der Waals surface area (Å²) in [5, 5.41) is 0.519. The average molecular weight is 446 g/mol. The minimum absolute atomic E-state index is 0.423. The third-order valence-electron chi connectivity index (χ3n) is 4.72. The van der Waals surface area contributed by atoms with Gasteiger partial charge in [0.25, 0.3) is 0 Å². The molecule has 1 aliphatic rings. The van der Waals surface area contributed by atoms with Crippen molar-refractivity contribution >= 4 is 38.5 Å². The minimum Gasteiger partial charge on any atom is -0.356 e. The van der Waals surface area contributed by atoms with Crippen molar-refractivity contribution in [2.75, 3.05) is 5.32 Å². The van der Waals surface area contributed by atoms with Crippen molar-refractivity contribution in [1.82, 2.24) is 0 Å². The quantitative estimate of drug-likeness (QED) is 0.272. The number of benzene rings is 5. The van der Waals surface area contributed by atoms with E-state index >= 15 is 0 Å². The predicted octanol–water partition coefficient (Wildman–Crippen LogP) is 9.14. The Morgan fingerprint density at radius 1 is 0.636 bits per heavy atom. The summed E-state index contributed by atoms with van der Waals surface area (Å²) in [6.45, 7) is 0. The fraction of sp³-hybridized carbons (Fsp3) is 0.0625. The lowest BCUT2D eigenvalue weighted by Crippen LogP contribution is -1.92. The van der Waals surface area contributed by atoms with E-state index in [1.165, 1.54) is 0 Å². The molecule has 158 valence electrons. The molecule has 6 rings (SSSR count). The van der Waals surface area contributed by atoms with Gasteiger partial charge in [-0.15, -0.1) is 0 Å². The molecule has 0 heterocycles. The summed E-state index contributed by atoms with van der Waals surface area (Å²) in [4.78, 5) is 0. The van der Waals surface area contributed by atoms with Gasteiger partial charge in [-0.2, -0.15) is 0 Å². The van der Waals surface area contributed by atoms with E-state index in [1.807, 2.05) is 0 Å². The molecule has 0 saturated carbocycles. The first kappa shape index (κ1) is 7.20. The van der Waals surface area contributed by atoms with E-state index in [2.05, 4.69) is 5.32 Å². The highest BCUT2D eigenvalue weighted by molar-refractivity contribution is 6.13. The Balaban J connectivity index is 1.65. The second-order valence-corrected chi connectivity index (χ2v) is 6.75. The van der Waals surface area contributed by atoms with Gasteiger partial charge in [0.05, 0.1) is 27.4 Å². The summed E-state index contributed by atoms with van der Waals surface area (Å²) in [6.07, 6.45) is -3.25. The molecule has 0 aromatic heterocycles. The zero-order valence-electron chi connectivity index (χ0n) is 38.7. The van der Waals surface area contributed by atoms with Crippen LogP contribution in [0.5, 0.6) is 0 Å². The largest absolute Gasteiger partial charge is 0.356 e. The second-order valence-electron chi connectivity index (χ2n) is 6.75. The van der Waals surface area contributed by atoms with Gasteiger partial charge in [-0.3, -0.25) is 0 Å². The first-order valence-electron chi connectivity index (χ1n) is 20.8. The van der Waals surface area contributed by atoms with Crippen LogP contribution in [0.2, 0.25) is 0 Å². The number of allylic oxidation sites excluding steroid dienone is 4. The average Bonchev–Trinajstić information content (AvgIpc) is 3.15. The number of nitrogens with one attached hydrogen (secondary N) is 1. The predicted molar refractivity (Wildman–Crippen MR) is 143 cm³/mol. The molecule has 33 heavy (non-hydrogen) atoms. The van der Waals surface area contributed by atoms with Crippen molar-refractivity contribution in [2.24, 2.45) is 0 Å². The zero-order valence-corrected chi connectivity index (χ0v) is 16.7. The molecule has 0 fully saturated rings. The van der Waals surface area contributed by atoms with Crippen LogP contribution >= 0.6 is 0 Å². The number of anilines is 2. The third-order valence-corrected chi connectivity index (χ3v) is 4.72. The van der Waals surface area contributed by atoms with E-state index in [1.54, 1.807) is 0 Å². The molecule has 0 amide bonds. The Labute approximate surface area is 225 Å². The molecule has 1 N–H and O–H groups in total. The topological polar surface area (TPSA) is 12.0 Å². The van der Waals surface area contributed by atoms with Crippen molar-refractivity contribution in [3.63, 3.8) is 0 Å². The van der Waals surface area contributed by atoms with Gasteiger partial charge in [-0.1, -0.05) is 90.7 Å². The summed E-state index contributed by atoms with van der Waals surface area (Å²) in [7, 11) is 0. The van der Waals surface area contributed by atoms with Crippen molar-refractivity contribution < 1.29 is 30.2 Å².